The molecule has 1 aromatic carbocycles. The van der Waals surface area contributed by atoms with Crippen LogP contribution in [0, 0.1) is 0 Å². The Labute approximate surface area is 85.4 Å². The Kier molecular flexibility index (Phi) is 2.28. The van der Waals surface area contributed by atoms with Gasteiger partial charge in [-0.2, -0.15) is 0 Å². The standard InChI is InChI=1S/C10H8N2OS/c11-10(13)9-4-2-1-3-8(9)7-5-12-14-6-7/h1-6H,(H2,11,13). The van der Waals surface area contributed by atoms with E-state index < -0.39 is 5.91 Å². The maximum atomic E-state index is 11.1. The van der Waals surface area contributed by atoms with Crippen LogP contribution in [0.3, 0.4) is 0 Å². The van der Waals surface area contributed by atoms with Crippen molar-refractivity contribution < 1.29 is 4.79 Å². The van der Waals surface area contributed by atoms with Gasteiger partial charge < -0.3 is 5.73 Å². The number of nitrogens with zero attached hydrogens (tertiary/aromatic N) is 1. The van der Waals surface area contributed by atoms with Crippen molar-refractivity contribution in [1.82, 2.24) is 4.37 Å². The summed E-state index contributed by atoms with van der Waals surface area (Å²) in [7, 11) is 0. The zero-order valence-electron chi connectivity index (χ0n) is 7.31. The number of hydrogen-bond donors (Lipinski definition) is 1. The summed E-state index contributed by atoms with van der Waals surface area (Å²) in [4.78, 5) is 11.1. The van der Waals surface area contributed by atoms with Gasteiger partial charge in [0.1, 0.15) is 0 Å². The van der Waals surface area contributed by atoms with E-state index >= 15 is 0 Å². The van der Waals surface area contributed by atoms with Crippen LogP contribution in [0.25, 0.3) is 11.1 Å². The second kappa shape index (κ2) is 3.59. The van der Waals surface area contributed by atoms with Crippen molar-refractivity contribution in [3.05, 3.63) is 41.4 Å². The quantitative estimate of drug-likeness (QED) is 0.812. The van der Waals surface area contributed by atoms with E-state index in [9.17, 15) is 4.79 Å². The summed E-state index contributed by atoms with van der Waals surface area (Å²) in [6, 6.07) is 7.25. The summed E-state index contributed by atoms with van der Waals surface area (Å²) in [6.07, 6.45) is 1.73. The molecular formula is C10H8N2OS. The van der Waals surface area contributed by atoms with Crippen LogP contribution in [-0.4, -0.2) is 10.3 Å². The van der Waals surface area contributed by atoms with Crippen molar-refractivity contribution in [2.45, 2.75) is 0 Å². The minimum Gasteiger partial charge on any atom is -0.366 e. The molecule has 2 rings (SSSR count). The summed E-state index contributed by atoms with van der Waals surface area (Å²) in [5.41, 5.74) is 7.58. The average Bonchev–Trinajstić information content (AvgIpc) is 2.70. The van der Waals surface area contributed by atoms with E-state index in [4.69, 9.17) is 5.73 Å². The van der Waals surface area contributed by atoms with Crippen molar-refractivity contribution >= 4 is 17.4 Å². The van der Waals surface area contributed by atoms with E-state index in [0.29, 0.717) is 5.56 Å². The first-order valence-corrected chi connectivity index (χ1v) is 4.91. The number of amides is 1. The lowest BCUT2D eigenvalue weighted by molar-refractivity contribution is 0.100. The van der Waals surface area contributed by atoms with Gasteiger partial charge in [0.25, 0.3) is 0 Å². The van der Waals surface area contributed by atoms with Crippen molar-refractivity contribution in [3.8, 4) is 11.1 Å². The highest BCUT2D eigenvalue weighted by Crippen LogP contribution is 2.23. The lowest BCUT2D eigenvalue weighted by Crippen LogP contribution is -2.11. The molecule has 0 aliphatic rings. The van der Waals surface area contributed by atoms with Gasteiger partial charge >= 0.3 is 0 Å². The lowest BCUT2D eigenvalue weighted by atomic mass is 10.0. The van der Waals surface area contributed by atoms with Crippen LogP contribution >= 0.6 is 11.5 Å². The third-order valence-electron chi connectivity index (χ3n) is 1.94. The number of nitrogens with two attached hydrogens (primary N) is 1. The van der Waals surface area contributed by atoms with E-state index in [1.165, 1.54) is 11.5 Å². The van der Waals surface area contributed by atoms with Crippen molar-refractivity contribution in [1.29, 1.82) is 0 Å². The molecule has 0 fully saturated rings. The highest BCUT2D eigenvalue weighted by molar-refractivity contribution is 7.03. The number of rotatable bonds is 2. The monoisotopic (exact) mass is 204 g/mol. The molecule has 0 saturated carbocycles. The SMILES string of the molecule is NC(=O)c1ccccc1-c1cnsc1. The molecule has 1 amide bonds. The Morgan fingerprint density at radius 2 is 2.14 bits per heavy atom. The first-order chi connectivity index (χ1) is 6.79. The van der Waals surface area contributed by atoms with Gasteiger partial charge in [-0.3, -0.25) is 4.79 Å². The van der Waals surface area contributed by atoms with Crippen LogP contribution < -0.4 is 5.73 Å². The van der Waals surface area contributed by atoms with Gasteiger partial charge in [0.05, 0.1) is 0 Å². The Balaban J connectivity index is 2.58. The Morgan fingerprint density at radius 3 is 2.79 bits per heavy atom. The van der Waals surface area contributed by atoms with Gasteiger partial charge in [0, 0.05) is 22.7 Å². The Hall–Kier alpha value is -1.68. The van der Waals surface area contributed by atoms with Crippen molar-refractivity contribution in [2.24, 2.45) is 5.73 Å². The highest BCUT2D eigenvalue weighted by atomic mass is 32.1. The van der Waals surface area contributed by atoms with E-state index in [2.05, 4.69) is 4.37 Å². The minimum absolute atomic E-state index is 0.410. The minimum atomic E-state index is -0.410. The van der Waals surface area contributed by atoms with E-state index in [1.807, 2.05) is 17.5 Å². The topological polar surface area (TPSA) is 56.0 Å². The number of primary amides is 1. The molecule has 0 bridgehead atoms. The van der Waals surface area contributed by atoms with Crippen LogP contribution in [0.2, 0.25) is 0 Å². The second-order valence-electron chi connectivity index (χ2n) is 2.82. The van der Waals surface area contributed by atoms with Crippen LogP contribution in [0.15, 0.2) is 35.8 Å². The fourth-order valence-corrected chi connectivity index (χ4v) is 1.82. The number of aromatic nitrogens is 1. The van der Waals surface area contributed by atoms with Gasteiger partial charge in [-0.05, 0) is 23.2 Å². The smallest absolute Gasteiger partial charge is 0.249 e. The summed E-state index contributed by atoms with van der Waals surface area (Å²) in [5.74, 6) is -0.410. The molecule has 0 aliphatic carbocycles. The second-order valence-corrected chi connectivity index (χ2v) is 3.48. The predicted octanol–water partition coefficient (Wildman–Crippen LogP) is 1.91. The van der Waals surface area contributed by atoms with Gasteiger partial charge in [-0.1, -0.05) is 18.2 Å². The van der Waals surface area contributed by atoms with Gasteiger partial charge in [-0.25, -0.2) is 4.37 Å². The van der Waals surface area contributed by atoms with Crippen LogP contribution in [0.4, 0.5) is 0 Å². The molecule has 0 saturated heterocycles. The fourth-order valence-electron chi connectivity index (χ4n) is 1.29. The van der Waals surface area contributed by atoms with Gasteiger partial charge in [0.2, 0.25) is 5.91 Å². The maximum Gasteiger partial charge on any atom is 0.249 e. The molecule has 0 unspecified atom stereocenters. The first kappa shape index (κ1) is 8.90. The number of carbonyl (C=O) groups excluding carboxylic acids is 1. The van der Waals surface area contributed by atoms with Crippen LogP contribution in [0.5, 0.6) is 0 Å². The number of hydrogen-bond acceptors (Lipinski definition) is 3. The molecule has 3 nitrogen and oxygen atoms in total. The molecule has 0 atom stereocenters. The molecule has 1 aromatic heterocycles. The van der Waals surface area contributed by atoms with E-state index in [0.717, 1.165) is 11.1 Å². The van der Waals surface area contributed by atoms with E-state index in [1.54, 1.807) is 18.3 Å². The third kappa shape index (κ3) is 1.52. The number of benzene rings is 1. The van der Waals surface area contributed by atoms with Gasteiger partial charge in [-0.15, -0.1) is 0 Å². The molecular weight excluding hydrogens is 196 g/mol. The van der Waals surface area contributed by atoms with Crippen molar-refractivity contribution in [3.63, 3.8) is 0 Å². The zero-order chi connectivity index (χ0) is 9.97. The molecule has 4 heteroatoms. The summed E-state index contributed by atoms with van der Waals surface area (Å²) in [6.45, 7) is 0. The molecule has 1 heterocycles. The number of carbonyl (C=O) groups is 1. The fraction of sp³-hybridized carbons (Fsp3) is 0. The lowest BCUT2D eigenvalue weighted by Gasteiger charge is -2.02. The summed E-state index contributed by atoms with van der Waals surface area (Å²) in [5, 5.41) is 1.89. The molecule has 14 heavy (non-hydrogen) atoms. The summed E-state index contributed by atoms with van der Waals surface area (Å²) >= 11 is 1.35. The molecule has 70 valence electrons. The predicted molar refractivity (Wildman–Crippen MR) is 56.1 cm³/mol. The highest BCUT2D eigenvalue weighted by Gasteiger charge is 2.08. The zero-order valence-corrected chi connectivity index (χ0v) is 8.12. The maximum absolute atomic E-state index is 11.1. The largest absolute Gasteiger partial charge is 0.366 e. The van der Waals surface area contributed by atoms with E-state index in [-0.39, 0.29) is 0 Å². The summed E-state index contributed by atoms with van der Waals surface area (Å²) < 4.78 is 3.99. The molecule has 0 aliphatic heterocycles. The first-order valence-electron chi connectivity index (χ1n) is 4.07. The van der Waals surface area contributed by atoms with Crippen LogP contribution in [0.1, 0.15) is 10.4 Å². The molecule has 2 N–H and O–H groups in total. The normalized spacial score (nSPS) is 10.0. The van der Waals surface area contributed by atoms with Gasteiger partial charge in [0.15, 0.2) is 0 Å². The third-order valence-corrected chi connectivity index (χ3v) is 2.52. The van der Waals surface area contributed by atoms with Crippen molar-refractivity contribution in [2.75, 3.05) is 0 Å². The Bertz CT molecular complexity index is 451. The molecule has 2 aromatic rings. The molecule has 0 spiro atoms. The Morgan fingerprint density at radius 1 is 1.36 bits per heavy atom. The average molecular weight is 204 g/mol. The molecule has 0 radical (unpaired) electrons. The van der Waals surface area contributed by atoms with Crippen LogP contribution in [-0.2, 0) is 0 Å².